The van der Waals surface area contributed by atoms with Crippen molar-refractivity contribution in [3.8, 4) is 0 Å². The fraction of sp³-hybridized carbons (Fsp3) is 0.304. The lowest BCUT2D eigenvalue weighted by molar-refractivity contribution is 0.0745. The Hall–Kier alpha value is -3.06. The number of para-hydroxylation sites is 1. The number of hydrogen-bond acceptors (Lipinski definition) is 3. The molecule has 0 bridgehead atoms. The number of ether oxygens (including phenoxy) is 1. The van der Waals surface area contributed by atoms with Gasteiger partial charge in [-0.15, -0.1) is 5.73 Å². The Morgan fingerprint density at radius 1 is 1.32 bits per heavy atom. The van der Waals surface area contributed by atoms with Crippen LogP contribution in [0.4, 0.5) is 4.39 Å². The minimum atomic E-state index is -0.437. The fourth-order valence-corrected chi connectivity index (χ4v) is 2.95. The molecule has 1 unspecified atom stereocenters. The van der Waals surface area contributed by atoms with Crippen LogP contribution >= 0.6 is 0 Å². The largest absolute Gasteiger partial charge is 0.448 e. The van der Waals surface area contributed by atoms with Gasteiger partial charge in [0.25, 0.3) is 5.91 Å². The van der Waals surface area contributed by atoms with Crippen LogP contribution in [0.5, 0.6) is 0 Å². The minimum absolute atomic E-state index is 0.158. The molecule has 1 saturated heterocycles. The molecule has 28 heavy (non-hydrogen) atoms. The lowest BCUT2D eigenvalue weighted by Gasteiger charge is -2.15. The van der Waals surface area contributed by atoms with E-state index in [0.29, 0.717) is 36.6 Å². The number of hydrogen-bond donors (Lipinski definition) is 0. The van der Waals surface area contributed by atoms with Gasteiger partial charge in [-0.25, -0.2) is 4.39 Å². The number of nitrogens with zero attached hydrogens (tertiary/aromatic N) is 1. The number of benzene rings is 1. The average molecular weight is 383 g/mol. The summed E-state index contributed by atoms with van der Waals surface area (Å²) in [4.78, 5) is 14.3. The SMILES string of the molecule is C=C=C.C=C=C=C.COCC1CCN(C(=O)c2oc3c(F)cccc3c2C)C1. The Balaban J connectivity index is 0.000000489. The van der Waals surface area contributed by atoms with E-state index >= 15 is 0 Å². The van der Waals surface area contributed by atoms with Gasteiger partial charge in [0.15, 0.2) is 17.2 Å². The molecule has 1 fully saturated rings. The Kier molecular flexibility index (Phi) is 9.53. The molecule has 3 rings (SSSR count). The van der Waals surface area contributed by atoms with E-state index in [4.69, 9.17) is 9.15 Å². The van der Waals surface area contributed by atoms with E-state index in [9.17, 15) is 9.18 Å². The van der Waals surface area contributed by atoms with Crippen LogP contribution in [0.3, 0.4) is 0 Å². The van der Waals surface area contributed by atoms with E-state index in [1.54, 1.807) is 31.1 Å². The van der Waals surface area contributed by atoms with Crippen molar-refractivity contribution in [2.75, 3.05) is 26.8 Å². The molecule has 0 N–H and O–H groups in total. The summed E-state index contributed by atoms with van der Waals surface area (Å²) in [7, 11) is 1.66. The van der Waals surface area contributed by atoms with Crippen molar-refractivity contribution in [2.45, 2.75) is 13.3 Å². The molecular formula is C23H26FNO3. The molecule has 0 radical (unpaired) electrons. The van der Waals surface area contributed by atoms with Gasteiger partial charge < -0.3 is 14.1 Å². The molecule has 5 heteroatoms. The van der Waals surface area contributed by atoms with E-state index < -0.39 is 5.82 Å². The second kappa shape index (κ2) is 11.6. The summed E-state index contributed by atoms with van der Waals surface area (Å²) in [6, 6.07) is 4.73. The second-order valence-electron chi connectivity index (χ2n) is 6.14. The predicted octanol–water partition coefficient (Wildman–Crippen LogP) is 5.06. The first-order chi connectivity index (χ1) is 13.4. The fourth-order valence-electron chi connectivity index (χ4n) is 2.95. The standard InChI is InChI=1S/C16H18FNO3.C4H4.C3H4/c1-10-12-4-3-5-13(17)15(12)21-14(10)16(19)18-7-6-11(8-18)9-20-2;1-3-4-2;1-3-2/h3-5,11H,6-9H2,1-2H3;1-2H2;1-2H2. The van der Waals surface area contributed by atoms with Gasteiger partial charge in [0.1, 0.15) is 0 Å². The highest BCUT2D eigenvalue weighted by Crippen LogP contribution is 2.29. The number of carbonyl (C=O) groups is 1. The zero-order valence-corrected chi connectivity index (χ0v) is 16.5. The average Bonchev–Trinajstić information content (AvgIpc) is 3.28. The number of fused-ring (bicyclic) bond motifs is 1. The minimum Gasteiger partial charge on any atom is -0.448 e. The number of amides is 1. The van der Waals surface area contributed by atoms with Crippen molar-refractivity contribution in [2.24, 2.45) is 5.92 Å². The summed E-state index contributed by atoms with van der Waals surface area (Å²) in [5.74, 6) is 0.00331. The molecule has 1 atom stereocenters. The van der Waals surface area contributed by atoms with Crippen molar-refractivity contribution in [3.05, 3.63) is 78.8 Å². The van der Waals surface area contributed by atoms with Crippen LogP contribution in [0.15, 0.2) is 66.1 Å². The number of rotatable bonds is 3. The molecule has 148 valence electrons. The van der Waals surface area contributed by atoms with E-state index in [1.165, 1.54) is 6.07 Å². The predicted molar refractivity (Wildman–Crippen MR) is 110 cm³/mol. The molecule has 1 aliphatic rings. The third-order valence-corrected chi connectivity index (χ3v) is 4.21. The quantitative estimate of drug-likeness (QED) is 0.696. The van der Waals surface area contributed by atoms with E-state index in [1.807, 2.05) is 0 Å². The molecule has 0 spiro atoms. The maximum absolute atomic E-state index is 13.7. The summed E-state index contributed by atoms with van der Waals surface area (Å²) in [6.07, 6.45) is 0.924. The molecule has 2 aromatic rings. The Morgan fingerprint density at radius 3 is 2.50 bits per heavy atom. The van der Waals surface area contributed by atoms with Crippen LogP contribution in [-0.4, -0.2) is 37.6 Å². The first-order valence-electron chi connectivity index (χ1n) is 8.74. The van der Waals surface area contributed by atoms with E-state index in [0.717, 1.165) is 6.42 Å². The molecular weight excluding hydrogens is 357 g/mol. The van der Waals surface area contributed by atoms with Gasteiger partial charge in [-0.2, -0.15) is 0 Å². The van der Waals surface area contributed by atoms with Gasteiger partial charge in [0.05, 0.1) is 6.61 Å². The highest BCUT2D eigenvalue weighted by Gasteiger charge is 2.30. The topological polar surface area (TPSA) is 42.7 Å². The summed E-state index contributed by atoms with van der Waals surface area (Å²) in [5.41, 5.74) is 7.75. The smallest absolute Gasteiger partial charge is 0.289 e. The van der Waals surface area contributed by atoms with Crippen molar-refractivity contribution in [1.82, 2.24) is 4.90 Å². The summed E-state index contributed by atoms with van der Waals surface area (Å²) < 4.78 is 24.4. The maximum atomic E-state index is 13.7. The summed E-state index contributed by atoms with van der Waals surface area (Å²) >= 11 is 0. The van der Waals surface area contributed by atoms with Gasteiger partial charge in [-0.3, -0.25) is 4.79 Å². The van der Waals surface area contributed by atoms with Crippen molar-refractivity contribution >= 4 is 16.9 Å². The number of halogens is 1. The summed E-state index contributed by atoms with van der Waals surface area (Å²) in [6.45, 7) is 16.4. The monoisotopic (exact) mass is 383 g/mol. The third kappa shape index (κ3) is 5.72. The highest BCUT2D eigenvalue weighted by molar-refractivity contribution is 5.99. The first-order valence-corrected chi connectivity index (χ1v) is 8.74. The maximum Gasteiger partial charge on any atom is 0.289 e. The summed E-state index contributed by atoms with van der Waals surface area (Å²) in [5, 5.41) is 0.658. The van der Waals surface area contributed by atoms with Crippen molar-refractivity contribution in [1.29, 1.82) is 0 Å². The Morgan fingerprint density at radius 2 is 1.96 bits per heavy atom. The van der Waals surface area contributed by atoms with Gasteiger partial charge >= 0.3 is 0 Å². The van der Waals surface area contributed by atoms with Crippen molar-refractivity contribution in [3.63, 3.8) is 0 Å². The molecule has 2 heterocycles. The molecule has 1 aliphatic heterocycles. The zero-order valence-electron chi connectivity index (χ0n) is 16.5. The Labute approximate surface area is 165 Å². The van der Waals surface area contributed by atoms with Crippen LogP contribution in [0.25, 0.3) is 11.0 Å². The normalized spacial score (nSPS) is 14.7. The number of likely N-dealkylation sites (tertiary alicyclic amines) is 1. The number of carbonyl (C=O) groups excluding carboxylic acids is 1. The molecule has 4 nitrogen and oxygen atoms in total. The number of furan rings is 1. The van der Waals surface area contributed by atoms with Gasteiger partial charge in [0.2, 0.25) is 0 Å². The number of methoxy groups -OCH3 is 1. The van der Waals surface area contributed by atoms with Crippen LogP contribution in [0.1, 0.15) is 22.5 Å². The van der Waals surface area contributed by atoms with Gasteiger partial charge in [-0.05, 0) is 32.6 Å². The van der Waals surface area contributed by atoms with Crippen LogP contribution in [0, 0.1) is 18.7 Å². The lowest BCUT2D eigenvalue weighted by atomic mass is 10.1. The van der Waals surface area contributed by atoms with E-state index in [2.05, 4.69) is 43.5 Å². The lowest BCUT2D eigenvalue weighted by Crippen LogP contribution is -2.29. The zero-order chi connectivity index (χ0) is 21.1. The van der Waals surface area contributed by atoms with Crippen molar-refractivity contribution < 1.29 is 18.3 Å². The Bertz CT molecular complexity index is 901. The van der Waals surface area contributed by atoms with Crippen LogP contribution in [-0.2, 0) is 4.74 Å². The molecule has 0 saturated carbocycles. The highest BCUT2D eigenvalue weighted by atomic mass is 19.1. The number of aryl methyl sites for hydroxylation is 1. The second-order valence-corrected chi connectivity index (χ2v) is 6.14. The molecule has 1 aromatic carbocycles. The first kappa shape index (κ1) is 23.0. The van der Waals surface area contributed by atoms with Crippen LogP contribution < -0.4 is 0 Å². The molecule has 0 aliphatic carbocycles. The van der Waals surface area contributed by atoms with Gasteiger partial charge in [0, 0.05) is 37.1 Å². The third-order valence-electron chi connectivity index (χ3n) is 4.21. The molecule has 1 aromatic heterocycles. The van der Waals surface area contributed by atoms with Gasteiger partial charge in [-0.1, -0.05) is 36.8 Å². The van der Waals surface area contributed by atoms with E-state index in [-0.39, 0.29) is 17.3 Å². The molecule has 1 amide bonds. The van der Waals surface area contributed by atoms with Crippen LogP contribution in [0.2, 0.25) is 0 Å².